The van der Waals surface area contributed by atoms with Gasteiger partial charge in [0, 0.05) is 19.6 Å². The average Bonchev–Trinajstić information content (AvgIpc) is 1.93. The van der Waals surface area contributed by atoms with E-state index in [1.807, 2.05) is 0 Å². The first-order valence-corrected chi connectivity index (χ1v) is 4.23. The maximum absolute atomic E-state index is 12.5. The molecule has 11 heavy (non-hydrogen) atoms. The molecule has 0 aliphatic carbocycles. The Balaban J connectivity index is 2.17. The molecule has 3 heteroatoms. The Morgan fingerprint density at radius 3 is 2.55 bits per heavy atom. The fourth-order valence-corrected chi connectivity index (χ4v) is 1.46. The van der Waals surface area contributed by atoms with Crippen LogP contribution in [0.2, 0.25) is 0 Å². The quantitative estimate of drug-likeness (QED) is 0.647. The van der Waals surface area contributed by atoms with E-state index in [-0.39, 0.29) is 6.10 Å². The van der Waals surface area contributed by atoms with E-state index in [4.69, 9.17) is 5.11 Å². The van der Waals surface area contributed by atoms with E-state index in [0.717, 1.165) is 25.9 Å². The number of alkyl halides is 1. The van der Waals surface area contributed by atoms with Crippen molar-refractivity contribution in [3.05, 3.63) is 0 Å². The van der Waals surface area contributed by atoms with E-state index < -0.39 is 6.17 Å². The number of hydrogen-bond acceptors (Lipinski definition) is 2. The molecule has 1 unspecified atom stereocenters. The summed E-state index contributed by atoms with van der Waals surface area (Å²) in [5.74, 6) is 0. The molecule has 1 saturated heterocycles. The standard InChI is InChI=1S/C8H16FNO/c1-7(9)6-10-4-2-8(11)3-5-10/h7-8,11H,2-6H2,1H3. The summed E-state index contributed by atoms with van der Waals surface area (Å²) in [6, 6.07) is 0. The summed E-state index contributed by atoms with van der Waals surface area (Å²) in [4.78, 5) is 2.07. The predicted molar refractivity (Wildman–Crippen MR) is 42.3 cm³/mol. The van der Waals surface area contributed by atoms with Gasteiger partial charge in [-0.1, -0.05) is 0 Å². The monoisotopic (exact) mass is 161 g/mol. The molecule has 2 nitrogen and oxygen atoms in total. The van der Waals surface area contributed by atoms with Crippen molar-refractivity contribution in [1.82, 2.24) is 4.90 Å². The zero-order valence-electron chi connectivity index (χ0n) is 6.96. The second-order valence-corrected chi connectivity index (χ2v) is 3.31. The molecule has 1 rings (SSSR count). The molecule has 1 aliphatic rings. The second kappa shape index (κ2) is 4.02. The van der Waals surface area contributed by atoms with Crippen LogP contribution in [0.4, 0.5) is 4.39 Å². The van der Waals surface area contributed by atoms with Crippen molar-refractivity contribution in [2.45, 2.75) is 32.0 Å². The SMILES string of the molecule is CC(F)CN1CCC(O)CC1. The summed E-state index contributed by atoms with van der Waals surface area (Å²) in [7, 11) is 0. The summed E-state index contributed by atoms with van der Waals surface area (Å²) >= 11 is 0. The van der Waals surface area contributed by atoms with Gasteiger partial charge in [-0.3, -0.25) is 0 Å². The van der Waals surface area contributed by atoms with Crippen LogP contribution in [-0.2, 0) is 0 Å². The largest absolute Gasteiger partial charge is 0.393 e. The third-order valence-corrected chi connectivity index (χ3v) is 2.07. The number of piperidine rings is 1. The van der Waals surface area contributed by atoms with Crippen molar-refractivity contribution in [2.75, 3.05) is 19.6 Å². The third-order valence-electron chi connectivity index (χ3n) is 2.07. The minimum Gasteiger partial charge on any atom is -0.393 e. The molecule has 0 spiro atoms. The van der Waals surface area contributed by atoms with Crippen LogP contribution < -0.4 is 0 Å². The smallest absolute Gasteiger partial charge is 0.110 e. The highest BCUT2D eigenvalue weighted by atomic mass is 19.1. The van der Waals surface area contributed by atoms with Gasteiger partial charge in [0.2, 0.25) is 0 Å². The van der Waals surface area contributed by atoms with Gasteiger partial charge in [0.05, 0.1) is 6.10 Å². The number of aliphatic hydroxyl groups excluding tert-OH is 1. The molecule has 0 bridgehead atoms. The van der Waals surface area contributed by atoms with Crippen molar-refractivity contribution < 1.29 is 9.50 Å². The third kappa shape index (κ3) is 3.16. The van der Waals surface area contributed by atoms with E-state index in [2.05, 4.69) is 4.90 Å². The van der Waals surface area contributed by atoms with Crippen molar-refractivity contribution in [3.63, 3.8) is 0 Å². The van der Waals surface area contributed by atoms with Gasteiger partial charge in [-0.25, -0.2) is 4.39 Å². The molecule has 0 amide bonds. The lowest BCUT2D eigenvalue weighted by Gasteiger charge is -2.29. The van der Waals surface area contributed by atoms with E-state index in [1.165, 1.54) is 0 Å². The Bertz CT molecular complexity index is 111. The predicted octanol–water partition coefficient (Wildman–Crippen LogP) is 0.801. The molecular formula is C8H16FNO. The number of aliphatic hydroxyl groups is 1. The average molecular weight is 161 g/mol. The summed E-state index contributed by atoms with van der Waals surface area (Å²) in [6.45, 7) is 3.78. The highest BCUT2D eigenvalue weighted by Crippen LogP contribution is 2.10. The molecule has 1 aliphatic heterocycles. The van der Waals surface area contributed by atoms with Crippen LogP contribution in [0.25, 0.3) is 0 Å². The topological polar surface area (TPSA) is 23.5 Å². The van der Waals surface area contributed by atoms with Gasteiger partial charge in [0.25, 0.3) is 0 Å². The molecule has 1 heterocycles. The molecule has 0 radical (unpaired) electrons. The van der Waals surface area contributed by atoms with Crippen LogP contribution in [0.1, 0.15) is 19.8 Å². The Hall–Kier alpha value is -0.150. The summed E-state index contributed by atoms with van der Waals surface area (Å²) in [6.07, 6.45) is 0.700. The fourth-order valence-electron chi connectivity index (χ4n) is 1.46. The van der Waals surface area contributed by atoms with Gasteiger partial charge in [0.15, 0.2) is 0 Å². The molecule has 1 N–H and O–H groups in total. The van der Waals surface area contributed by atoms with Crippen LogP contribution in [0.5, 0.6) is 0 Å². The molecule has 0 aromatic rings. The summed E-state index contributed by atoms with van der Waals surface area (Å²) in [5.41, 5.74) is 0. The van der Waals surface area contributed by atoms with Gasteiger partial charge < -0.3 is 10.0 Å². The first-order valence-electron chi connectivity index (χ1n) is 4.23. The van der Waals surface area contributed by atoms with E-state index in [1.54, 1.807) is 6.92 Å². The van der Waals surface area contributed by atoms with Crippen LogP contribution in [0.15, 0.2) is 0 Å². The maximum Gasteiger partial charge on any atom is 0.110 e. The molecule has 0 aromatic carbocycles. The Labute approximate surface area is 67.0 Å². The Morgan fingerprint density at radius 2 is 2.09 bits per heavy atom. The molecule has 0 saturated carbocycles. The van der Waals surface area contributed by atoms with Crippen LogP contribution >= 0.6 is 0 Å². The number of hydrogen-bond donors (Lipinski definition) is 1. The lowest BCUT2D eigenvalue weighted by atomic mass is 10.1. The van der Waals surface area contributed by atoms with E-state index in [9.17, 15) is 4.39 Å². The van der Waals surface area contributed by atoms with Gasteiger partial charge in [-0.15, -0.1) is 0 Å². The van der Waals surface area contributed by atoms with Crippen molar-refractivity contribution in [1.29, 1.82) is 0 Å². The lowest BCUT2D eigenvalue weighted by Crippen LogP contribution is -2.38. The van der Waals surface area contributed by atoms with E-state index >= 15 is 0 Å². The van der Waals surface area contributed by atoms with Crippen molar-refractivity contribution >= 4 is 0 Å². The fraction of sp³-hybridized carbons (Fsp3) is 1.00. The Morgan fingerprint density at radius 1 is 1.55 bits per heavy atom. The summed E-state index contributed by atoms with van der Waals surface area (Å²) < 4.78 is 12.5. The van der Waals surface area contributed by atoms with Gasteiger partial charge in [0.1, 0.15) is 6.17 Å². The van der Waals surface area contributed by atoms with Crippen molar-refractivity contribution in [2.24, 2.45) is 0 Å². The maximum atomic E-state index is 12.5. The molecular weight excluding hydrogens is 145 g/mol. The zero-order valence-corrected chi connectivity index (χ0v) is 6.96. The van der Waals surface area contributed by atoms with Gasteiger partial charge in [-0.2, -0.15) is 0 Å². The molecule has 0 aromatic heterocycles. The minimum absolute atomic E-state index is 0.152. The number of halogens is 1. The highest BCUT2D eigenvalue weighted by Gasteiger charge is 2.17. The van der Waals surface area contributed by atoms with Gasteiger partial charge >= 0.3 is 0 Å². The first-order chi connectivity index (χ1) is 5.18. The normalized spacial score (nSPS) is 25.4. The second-order valence-electron chi connectivity index (χ2n) is 3.31. The molecule has 1 atom stereocenters. The minimum atomic E-state index is -0.745. The molecule has 66 valence electrons. The van der Waals surface area contributed by atoms with Crippen LogP contribution in [0.3, 0.4) is 0 Å². The highest BCUT2D eigenvalue weighted by molar-refractivity contribution is 4.72. The first kappa shape index (κ1) is 8.94. The van der Waals surface area contributed by atoms with E-state index in [0.29, 0.717) is 6.54 Å². The van der Waals surface area contributed by atoms with Crippen molar-refractivity contribution in [3.8, 4) is 0 Å². The zero-order chi connectivity index (χ0) is 8.27. The Kier molecular flexibility index (Phi) is 3.27. The molecule has 1 fully saturated rings. The van der Waals surface area contributed by atoms with Crippen LogP contribution in [0, 0.1) is 0 Å². The number of nitrogens with zero attached hydrogens (tertiary/aromatic N) is 1. The lowest BCUT2D eigenvalue weighted by molar-refractivity contribution is 0.0716. The number of likely N-dealkylation sites (tertiary alicyclic amines) is 1. The van der Waals surface area contributed by atoms with Crippen LogP contribution in [-0.4, -0.2) is 41.9 Å². The van der Waals surface area contributed by atoms with Gasteiger partial charge in [-0.05, 0) is 19.8 Å². The number of rotatable bonds is 2. The summed E-state index contributed by atoms with van der Waals surface area (Å²) in [5, 5.41) is 9.14.